The Hall–Kier alpha value is -2.75. The molecule has 0 saturated heterocycles. The summed E-state index contributed by atoms with van der Waals surface area (Å²) in [6.45, 7) is 10.0. The molecular formula is C20H24N2O2. The van der Waals surface area contributed by atoms with Crippen LogP contribution in [0.3, 0.4) is 0 Å². The molecule has 4 nitrogen and oxygen atoms in total. The molecule has 0 radical (unpaired) electrons. The van der Waals surface area contributed by atoms with E-state index >= 15 is 0 Å². The molecule has 0 aliphatic carbocycles. The monoisotopic (exact) mass is 324 g/mol. The van der Waals surface area contributed by atoms with Gasteiger partial charge in [0, 0.05) is 16.5 Å². The molecule has 126 valence electrons. The maximum Gasteiger partial charge on any atom is 0.419 e. The van der Waals surface area contributed by atoms with Crippen LogP contribution in [0.25, 0.3) is 21.8 Å². The third-order valence-electron chi connectivity index (χ3n) is 3.14. The van der Waals surface area contributed by atoms with E-state index in [9.17, 15) is 4.79 Å². The molecule has 0 fully saturated rings. The fraction of sp³-hybridized carbons (Fsp3) is 0.250. The summed E-state index contributed by atoms with van der Waals surface area (Å²) in [7, 11) is 0. The van der Waals surface area contributed by atoms with E-state index in [-0.39, 0.29) is 6.61 Å². The van der Waals surface area contributed by atoms with Gasteiger partial charge in [-0.2, -0.15) is 0 Å². The van der Waals surface area contributed by atoms with Crippen LogP contribution in [0.2, 0.25) is 0 Å². The molecule has 0 spiro atoms. The van der Waals surface area contributed by atoms with E-state index in [4.69, 9.17) is 10.5 Å². The molecule has 2 N–H and O–H groups in total. The molecule has 3 aromatic rings. The summed E-state index contributed by atoms with van der Waals surface area (Å²) in [6.07, 6.45) is -0.450. The Labute approximate surface area is 142 Å². The summed E-state index contributed by atoms with van der Waals surface area (Å²) in [5.74, 6) is 0.833. The number of carbonyl (C=O) groups is 1. The number of rotatable bonds is 2. The zero-order valence-electron chi connectivity index (χ0n) is 14.5. The molecule has 0 aliphatic heterocycles. The zero-order valence-corrected chi connectivity index (χ0v) is 14.5. The summed E-state index contributed by atoms with van der Waals surface area (Å²) in [5, 5.41) is 2.04. The van der Waals surface area contributed by atoms with Crippen LogP contribution in [0, 0.1) is 5.92 Å². The van der Waals surface area contributed by atoms with Crippen LogP contribution in [0.5, 0.6) is 0 Å². The Morgan fingerprint density at radius 3 is 1.88 bits per heavy atom. The molecule has 0 amide bonds. The van der Waals surface area contributed by atoms with Crippen LogP contribution in [0.4, 0.5) is 4.79 Å². The van der Waals surface area contributed by atoms with Crippen LogP contribution < -0.4 is 5.73 Å². The molecule has 0 aliphatic rings. The predicted octanol–water partition coefficient (Wildman–Crippen LogP) is 4.91. The SMILES string of the molecule is C=C(N)COC(=O)n1c2ccccc2c2ccccc21.CC(C)C. The minimum Gasteiger partial charge on any atom is -0.443 e. The van der Waals surface area contributed by atoms with Gasteiger partial charge >= 0.3 is 6.09 Å². The van der Waals surface area contributed by atoms with Crippen molar-refractivity contribution in [1.29, 1.82) is 0 Å². The van der Waals surface area contributed by atoms with Crippen LogP contribution in [-0.2, 0) is 4.74 Å². The number of carbonyl (C=O) groups excluding carboxylic acids is 1. The van der Waals surface area contributed by atoms with Gasteiger partial charge in [-0.3, -0.25) is 0 Å². The van der Waals surface area contributed by atoms with Gasteiger partial charge in [0.15, 0.2) is 0 Å². The van der Waals surface area contributed by atoms with E-state index in [2.05, 4.69) is 27.4 Å². The summed E-state index contributed by atoms with van der Waals surface area (Å²) < 4.78 is 6.73. The van der Waals surface area contributed by atoms with Crippen molar-refractivity contribution < 1.29 is 9.53 Å². The molecule has 0 atom stereocenters. The maximum atomic E-state index is 12.3. The van der Waals surface area contributed by atoms with Gasteiger partial charge in [-0.25, -0.2) is 9.36 Å². The number of nitrogens with zero attached hydrogens (tertiary/aromatic N) is 1. The normalized spacial score (nSPS) is 10.5. The Bertz CT molecular complexity index is 806. The second-order valence-electron chi connectivity index (χ2n) is 6.31. The predicted molar refractivity (Wildman–Crippen MR) is 100 cm³/mol. The van der Waals surface area contributed by atoms with E-state index in [0.29, 0.717) is 5.70 Å². The highest BCUT2D eigenvalue weighted by Gasteiger charge is 2.16. The Morgan fingerprint density at radius 2 is 1.46 bits per heavy atom. The van der Waals surface area contributed by atoms with Crippen molar-refractivity contribution in [1.82, 2.24) is 4.57 Å². The first kappa shape index (κ1) is 17.6. The second kappa shape index (κ2) is 7.68. The molecule has 3 rings (SSSR count). The topological polar surface area (TPSA) is 57.2 Å². The van der Waals surface area contributed by atoms with Gasteiger partial charge in [-0.15, -0.1) is 0 Å². The van der Waals surface area contributed by atoms with Gasteiger partial charge in [-0.1, -0.05) is 63.7 Å². The number of nitrogens with two attached hydrogens (primary N) is 1. The smallest absolute Gasteiger partial charge is 0.419 e. The van der Waals surface area contributed by atoms with E-state index in [0.717, 1.165) is 27.7 Å². The number of hydrogen-bond acceptors (Lipinski definition) is 3. The van der Waals surface area contributed by atoms with Gasteiger partial charge in [0.25, 0.3) is 0 Å². The lowest BCUT2D eigenvalue weighted by Gasteiger charge is -2.07. The second-order valence-corrected chi connectivity index (χ2v) is 6.31. The Balaban J connectivity index is 0.000000471. The molecule has 24 heavy (non-hydrogen) atoms. The first-order chi connectivity index (χ1) is 11.4. The molecule has 4 heteroatoms. The summed E-state index contributed by atoms with van der Waals surface area (Å²) >= 11 is 0. The fourth-order valence-electron chi connectivity index (χ4n) is 2.34. The fourth-order valence-corrected chi connectivity index (χ4v) is 2.34. The van der Waals surface area contributed by atoms with Crippen molar-refractivity contribution in [3.8, 4) is 0 Å². The average Bonchev–Trinajstić information content (AvgIpc) is 2.87. The lowest BCUT2D eigenvalue weighted by atomic mass is 10.2. The molecule has 1 aromatic heterocycles. The van der Waals surface area contributed by atoms with E-state index in [1.165, 1.54) is 0 Å². The molecule has 0 unspecified atom stereocenters. The number of aromatic nitrogens is 1. The Morgan fingerprint density at radius 1 is 1.04 bits per heavy atom. The molecule has 1 heterocycles. The third-order valence-corrected chi connectivity index (χ3v) is 3.14. The number of fused-ring (bicyclic) bond motifs is 3. The highest BCUT2D eigenvalue weighted by atomic mass is 16.5. The van der Waals surface area contributed by atoms with Crippen molar-refractivity contribution in [3.63, 3.8) is 0 Å². The van der Waals surface area contributed by atoms with Crippen LogP contribution >= 0.6 is 0 Å². The lowest BCUT2D eigenvalue weighted by molar-refractivity contribution is 0.159. The summed E-state index contributed by atoms with van der Waals surface area (Å²) in [4.78, 5) is 12.3. The van der Waals surface area contributed by atoms with E-state index in [1.54, 1.807) is 4.57 Å². The van der Waals surface area contributed by atoms with Gasteiger partial charge in [0.05, 0.1) is 11.0 Å². The van der Waals surface area contributed by atoms with Gasteiger partial charge in [0.2, 0.25) is 0 Å². The number of para-hydroxylation sites is 2. The maximum absolute atomic E-state index is 12.3. The average molecular weight is 324 g/mol. The molecule has 0 bridgehead atoms. The van der Waals surface area contributed by atoms with Gasteiger partial charge < -0.3 is 10.5 Å². The number of benzene rings is 2. The van der Waals surface area contributed by atoms with Crippen molar-refractivity contribution in [2.45, 2.75) is 20.8 Å². The standard InChI is InChI=1S/C16H14N2O2.C4H10/c1-11(17)10-20-16(19)18-14-8-4-2-6-12(14)13-7-3-5-9-15(13)18;1-4(2)3/h2-9H,1,10,17H2;4H,1-3H3. The number of ether oxygens (including phenoxy) is 1. The van der Waals surface area contributed by atoms with Crippen LogP contribution in [0.15, 0.2) is 60.8 Å². The van der Waals surface area contributed by atoms with Crippen LogP contribution in [-0.4, -0.2) is 17.3 Å². The van der Waals surface area contributed by atoms with Gasteiger partial charge in [-0.05, 0) is 18.1 Å². The van der Waals surface area contributed by atoms with E-state index in [1.807, 2.05) is 48.5 Å². The van der Waals surface area contributed by atoms with Crippen molar-refractivity contribution >= 4 is 27.9 Å². The quantitative estimate of drug-likeness (QED) is 0.728. The van der Waals surface area contributed by atoms with Crippen LogP contribution in [0.1, 0.15) is 20.8 Å². The highest BCUT2D eigenvalue weighted by Crippen LogP contribution is 2.28. The van der Waals surface area contributed by atoms with Crippen molar-refractivity contribution in [2.24, 2.45) is 11.7 Å². The van der Waals surface area contributed by atoms with E-state index < -0.39 is 6.09 Å². The number of hydrogen-bond donors (Lipinski definition) is 1. The van der Waals surface area contributed by atoms with Crippen molar-refractivity contribution in [3.05, 3.63) is 60.8 Å². The summed E-state index contributed by atoms with van der Waals surface area (Å²) in [5.41, 5.74) is 7.40. The molecule has 0 saturated carbocycles. The third kappa shape index (κ3) is 3.96. The van der Waals surface area contributed by atoms with Crippen molar-refractivity contribution in [2.75, 3.05) is 6.61 Å². The zero-order chi connectivity index (χ0) is 17.7. The largest absolute Gasteiger partial charge is 0.443 e. The Kier molecular flexibility index (Phi) is 5.64. The highest BCUT2D eigenvalue weighted by molar-refractivity contribution is 6.12. The first-order valence-electron chi connectivity index (χ1n) is 8.00. The lowest BCUT2D eigenvalue weighted by Crippen LogP contribution is -2.16. The molecule has 2 aromatic carbocycles. The first-order valence-corrected chi connectivity index (χ1v) is 8.00. The minimum atomic E-state index is -0.450. The van der Waals surface area contributed by atoms with Gasteiger partial charge in [0.1, 0.15) is 6.61 Å². The minimum absolute atomic E-state index is 0.0136. The molecular weight excluding hydrogens is 300 g/mol. The summed E-state index contributed by atoms with van der Waals surface area (Å²) in [6, 6.07) is 15.5.